The molecular formula is C24H21ClO3. The Hall–Kier alpha value is -2.91. The summed E-state index contributed by atoms with van der Waals surface area (Å²) in [6, 6.07) is 23.9. The highest BCUT2D eigenvalue weighted by molar-refractivity contribution is 6.30. The van der Waals surface area contributed by atoms with Gasteiger partial charge in [0, 0.05) is 10.6 Å². The first-order chi connectivity index (χ1) is 13.5. The van der Waals surface area contributed by atoms with Gasteiger partial charge in [-0.1, -0.05) is 72.3 Å². The minimum Gasteiger partial charge on any atom is -0.452 e. The molecule has 3 rings (SSSR count). The zero-order valence-corrected chi connectivity index (χ0v) is 16.5. The second-order valence-electron chi connectivity index (χ2n) is 6.68. The Labute approximate surface area is 169 Å². The number of hydrogen-bond donors (Lipinski definition) is 0. The van der Waals surface area contributed by atoms with Crippen LogP contribution in [0.1, 0.15) is 52.9 Å². The SMILES string of the molecule is CC(=O)c1cccc(C(C)C(=O)OC(c2ccccc2)c2ccc(Cl)cc2)c1. The highest BCUT2D eigenvalue weighted by Crippen LogP contribution is 2.30. The Morgan fingerprint density at radius 3 is 2.07 bits per heavy atom. The van der Waals surface area contributed by atoms with Gasteiger partial charge in [-0.15, -0.1) is 0 Å². The van der Waals surface area contributed by atoms with Crippen LogP contribution in [-0.4, -0.2) is 11.8 Å². The third-order valence-corrected chi connectivity index (χ3v) is 4.91. The lowest BCUT2D eigenvalue weighted by Crippen LogP contribution is -2.18. The van der Waals surface area contributed by atoms with Gasteiger partial charge in [0.15, 0.2) is 11.9 Å². The van der Waals surface area contributed by atoms with Crippen molar-refractivity contribution in [2.45, 2.75) is 25.9 Å². The molecule has 0 spiro atoms. The van der Waals surface area contributed by atoms with Gasteiger partial charge in [-0.05, 0) is 48.7 Å². The molecule has 0 heterocycles. The number of rotatable bonds is 6. The summed E-state index contributed by atoms with van der Waals surface area (Å²) in [6.07, 6.45) is -0.538. The zero-order chi connectivity index (χ0) is 20.1. The normalized spacial score (nSPS) is 12.8. The largest absolute Gasteiger partial charge is 0.452 e. The molecular weight excluding hydrogens is 372 g/mol. The van der Waals surface area contributed by atoms with Crippen molar-refractivity contribution in [2.75, 3.05) is 0 Å². The van der Waals surface area contributed by atoms with Crippen molar-refractivity contribution >= 4 is 23.4 Å². The minimum atomic E-state index is -0.538. The number of halogens is 1. The van der Waals surface area contributed by atoms with Crippen LogP contribution in [0.4, 0.5) is 0 Å². The quantitative estimate of drug-likeness (QED) is 0.383. The van der Waals surface area contributed by atoms with Gasteiger partial charge in [0.2, 0.25) is 0 Å². The zero-order valence-electron chi connectivity index (χ0n) is 15.8. The van der Waals surface area contributed by atoms with Gasteiger partial charge in [0.05, 0.1) is 5.92 Å². The van der Waals surface area contributed by atoms with Crippen molar-refractivity contribution in [1.82, 2.24) is 0 Å². The van der Waals surface area contributed by atoms with Crippen molar-refractivity contribution in [3.63, 3.8) is 0 Å². The van der Waals surface area contributed by atoms with Crippen LogP contribution in [0.25, 0.3) is 0 Å². The van der Waals surface area contributed by atoms with Gasteiger partial charge < -0.3 is 4.74 Å². The molecule has 0 aliphatic carbocycles. The monoisotopic (exact) mass is 392 g/mol. The summed E-state index contributed by atoms with van der Waals surface area (Å²) < 4.78 is 5.91. The smallest absolute Gasteiger partial charge is 0.314 e. The maximum absolute atomic E-state index is 12.9. The van der Waals surface area contributed by atoms with Crippen LogP contribution < -0.4 is 0 Å². The van der Waals surface area contributed by atoms with Gasteiger partial charge in [-0.2, -0.15) is 0 Å². The van der Waals surface area contributed by atoms with E-state index >= 15 is 0 Å². The molecule has 3 aromatic rings. The lowest BCUT2D eigenvalue weighted by Gasteiger charge is -2.21. The van der Waals surface area contributed by atoms with Gasteiger partial charge in [0.25, 0.3) is 0 Å². The number of benzene rings is 3. The lowest BCUT2D eigenvalue weighted by atomic mass is 9.97. The number of ketones is 1. The molecule has 0 aliphatic heterocycles. The summed E-state index contributed by atoms with van der Waals surface area (Å²) in [6.45, 7) is 3.29. The first-order valence-electron chi connectivity index (χ1n) is 9.07. The Morgan fingerprint density at radius 2 is 1.43 bits per heavy atom. The molecule has 142 valence electrons. The van der Waals surface area contributed by atoms with Crippen LogP contribution in [0.2, 0.25) is 5.02 Å². The van der Waals surface area contributed by atoms with E-state index in [2.05, 4.69) is 0 Å². The number of carbonyl (C=O) groups is 2. The van der Waals surface area contributed by atoms with E-state index in [1.165, 1.54) is 6.92 Å². The van der Waals surface area contributed by atoms with Crippen LogP contribution in [0.15, 0.2) is 78.9 Å². The van der Waals surface area contributed by atoms with Gasteiger partial charge in [-0.25, -0.2) is 0 Å². The third-order valence-electron chi connectivity index (χ3n) is 4.66. The van der Waals surface area contributed by atoms with E-state index in [-0.39, 0.29) is 11.8 Å². The molecule has 0 aliphatic rings. The van der Waals surface area contributed by atoms with E-state index in [9.17, 15) is 9.59 Å². The molecule has 0 radical (unpaired) electrons. The van der Waals surface area contributed by atoms with Crippen molar-refractivity contribution in [3.8, 4) is 0 Å². The average molecular weight is 393 g/mol. The molecule has 0 saturated heterocycles. The van der Waals surface area contributed by atoms with Crippen molar-refractivity contribution in [2.24, 2.45) is 0 Å². The molecule has 0 amide bonds. The van der Waals surface area contributed by atoms with E-state index < -0.39 is 12.0 Å². The predicted octanol–water partition coefficient (Wildman–Crippen LogP) is 5.98. The van der Waals surface area contributed by atoms with Crippen LogP contribution in [-0.2, 0) is 9.53 Å². The molecule has 0 fully saturated rings. The Morgan fingerprint density at radius 1 is 0.821 bits per heavy atom. The lowest BCUT2D eigenvalue weighted by molar-refractivity contribution is -0.149. The highest BCUT2D eigenvalue weighted by atomic mass is 35.5. The van der Waals surface area contributed by atoms with Crippen molar-refractivity contribution in [3.05, 3.63) is 106 Å². The molecule has 2 atom stereocenters. The number of esters is 1. The van der Waals surface area contributed by atoms with Crippen molar-refractivity contribution in [1.29, 1.82) is 0 Å². The van der Waals surface area contributed by atoms with E-state index in [4.69, 9.17) is 16.3 Å². The third kappa shape index (κ3) is 4.68. The predicted molar refractivity (Wildman–Crippen MR) is 111 cm³/mol. The average Bonchev–Trinajstić information content (AvgIpc) is 2.72. The summed E-state index contributed by atoms with van der Waals surface area (Å²) in [5, 5.41) is 0.622. The summed E-state index contributed by atoms with van der Waals surface area (Å²) in [4.78, 5) is 24.6. The van der Waals surface area contributed by atoms with Crippen LogP contribution in [0.5, 0.6) is 0 Å². The Kier molecular flexibility index (Phi) is 6.27. The van der Waals surface area contributed by atoms with E-state index in [0.717, 1.165) is 16.7 Å². The Balaban J connectivity index is 1.88. The fourth-order valence-corrected chi connectivity index (χ4v) is 3.10. The van der Waals surface area contributed by atoms with E-state index in [1.807, 2.05) is 48.5 Å². The fourth-order valence-electron chi connectivity index (χ4n) is 2.98. The van der Waals surface area contributed by atoms with Crippen LogP contribution >= 0.6 is 11.6 Å². The molecule has 3 aromatic carbocycles. The summed E-state index contributed by atoms with van der Waals surface area (Å²) in [5.41, 5.74) is 3.05. The molecule has 0 saturated carbocycles. The van der Waals surface area contributed by atoms with Crippen molar-refractivity contribution < 1.29 is 14.3 Å². The number of ether oxygens (including phenoxy) is 1. The molecule has 3 nitrogen and oxygen atoms in total. The molecule has 0 N–H and O–H groups in total. The number of hydrogen-bond acceptors (Lipinski definition) is 3. The fraction of sp³-hybridized carbons (Fsp3) is 0.167. The highest BCUT2D eigenvalue weighted by Gasteiger charge is 2.24. The Bertz CT molecular complexity index is 965. The summed E-state index contributed by atoms with van der Waals surface area (Å²) in [7, 11) is 0. The molecule has 4 heteroatoms. The number of Topliss-reactive ketones (excluding diaryl/α,β-unsaturated/α-hetero) is 1. The minimum absolute atomic E-state index is 0.0363. The van der Waals surface area contributed by atoms with Crippen LogP contribution in [0, 0.1) is 0 Å². The van der Waals surface area contributed by atoms with Crippen LogP contribution in [0.3, 0.4) is 0 Å². The standard InChI is InChI=1S/C24H21ClO3/c1-16(20-9-6-10-21(15-20)17(2)26)24(27)28-23(18-7-4-3-5-8-18)19-11-13-22(25)14-12-19/h3-16,23H,1-2H3. The second kappa shape index (κ2) is 8.85. The van der Waals surface area contributed by atoms with E-state index in [0.29, 0.717) is 10.6 Å². The maximum atomic E-state index is 12.9. The molecule has 0 aromatic heterocycles. The van der Waals surface area contributed by atoms with Gasteiger partial charge >= 0.3 is 5.97 Å². The van der Waals surface area contributed by atoms with Gasteiger partial charge in [-0.3, -0.25) is 9.59 Å². The first-order valence-corrected chi connectivity index (χ1v) is 9.45. The number of carbonyl (C=O) groups excluding carboxylic acids is 2. The molecule has 2 unspecified atom stereocenters. The molecule has 28 heavy (non-hydrogen) atoms. The maximum Gasteiger partial charge on any atom is 0.314 e. The van der Waals surface area contributed by atoms with Gasteiger partial charge in [0.1, 0.15) is 0 Å². The van der Waals surface area contributed by atoms with E-state index in [1.54, 1.807) is 37.3 Å². The topological polar surface area (TPSA) is 43.4 Å². The molecule has 0 bridgehead atoms. The summed E-state index contributed by atoms with van der Waals surface area (Å²) in [5.74, 6) is -0.895. The first kappa shape index (κ1) is 19.8. The summed E-state index contributed by atoms with van der Waals surface area (Å²) >= 11 is 6.00. The second-order valence-corrected chi connectivity index (χ2v) is 7.12.